The highest BCUT2D eigenvalue weighted by Crippen LogP contribution is 2.41. The molecular formula is C14H9Br2Cl3O. The van der Waals surface area contributed by atoms with E-state index >= 15 is 0 Å². The molecule has 106 valence electrons. The molecule has 0 heterocycles. The van der Waals surface area contributed by atoms with Crippen LogP contribution in [0.1, 0.15) is 16.0 Å². The van der Waals surface area contributed by atoms with E-state index in [-0.39, 0.29) is 4.83 Å². The fraction of sp³-hybridized carbons (Fsp3) is 0.143. The molecule has 0 amide bonds. The zero-order valence-electron chi connectivity index (χ0n) is 10.3. The maximum atomic E-state index is 6.29. The average Bonchev–Trinajstić information content (AvgIpc) is 2.43. The van der Waals surface area contributed by atoms with Crippen molar-refractivity contribution in [2.24, 2.45) is 0 Å². The number of hydrogen-bond donors (Lipinski definition) is 0. The summed E-state index contributed by atoms with van der Waals surface area (Å²) in [6.45, 7) is 0. The highest BCUT2D eigenvalue weighted by molar-refractivity contribution is 9.10. The minimum atomic E-state index is -0.107. The van der Waals surface area contributed by atoms with Crippen LogP contribution in [0, 0.1) is 0 Å². The van der Waals surface area contributed by atoms with Gasteiger partial charge in [0.05, 0.1) is 22.0 Å². The summed E-state index contributed by atoms with van der Waals surface area (Å²) in [6.07, 6.45) is 0. The van der Waals surface area contributed by atoms with Gasteiger partial charge < -0.3 is 4.74 Å². The minimum absolute atomic E-state index is 0.107. The van der Waals surface area contributed by atoms with Crippen LogP contribution in [-0.2, 0) is 0 Å². The smallest absolute Gasteiger partial charge is 0.138 e. The molecule has 0 aliphatic carbocycles. The van der Waals surface area contributed by atoms with E-state index in [0.29, 0.717) is 20.8 Å². The van der Waals surface area contributed by atoms with Crippen LogP contribution in [0.25, 0.3) is 0 Å². The maximum absolute atomic E-state index is 6.29. The number of benzene rings is 2. The number of hydrogen-bond acceptors (Lipinski definition) is 1. The topological polar surface area (TPSA) is 9.23 Å². The lowest BCUT2D eigenvalue weighted by molar-refractivity contribution is 0.415. The second kappa shape index (κ2) is 6.89. The third-order valence-corrected chi connectivity index (χ3v) is 5.66. The Hall–Kier alpha value is 0.0700. The summed E-state index contributed by atoms with van der Waals surface area (Å²) in [5.74, 6) is 0.550. The Morgan fingerprint density at radius 3 is 2.30 bits per heavy atom. The second-order valence-corrected chi connectivity index (χ2v) is 7.04. The van der Waals surface area contributed by atoms with Crippen molar-refractivity contribution < 1.29 is 4.74 Å². The van der Waals surface area contributed by atoms with Crippen LogP contribution >= 0.6 is 66.7 Å². The molecule has 1 unspecified atom stereocenters. The lowest BCUT2D eigenvalue weighted by Gasteiger charge is -2.15. The van der Waals surface area contributed by atoms with Crippen molar-refractivity contribution >= 4 is 66.7 Å². The van der Waals surface area contributed by atoms with Crippen molar-refractivity contribution in [2.75, 3.05) is 7.11 Å². The van der Waals surface area contributed by atoms with Gasteiger partial charge >= 0.3 is 0 Å². The molecule has 6 heteroatoms. The molecule has 0 aliphatic rings. The van der Waals surface area contributed by atoms with Gasteiger partial charge in [-0.25, -0.2) is 0 Å². The molecule has 0 radical (unpaired) electrons. The number of rotatable bonds is 3. The van der Waals surface area contributed by atoms with Gasteiger partial charge in [0.25, 0.3) is 0 Å². The summed E-state index contributed by atoms with van der Waals surface area (Å²) in [7, 11) is 1.55. The summed E-state index contributed by atoms with van der Waals surface area (Å²) in [5, 5.41) is 1.73. The molecule has 2 aromatic carbocycles. The normalized spacial score (nSPS) is 12.3. The van der Waals surface area contributed by atoms with Gasteiger partial charge in [-0.15, -0.1) is 0 Å². The van der Waals surface area contributed by atoms with Gasteiger partial charge in [-0.3, -0.25) is 0 Å². The first-order chi connectivity index (χ1) is 9.43. The number of alkyl halides is 1. The van der Waals surface area contributed by atoms with Crippen LogP contribution in [0.5, 0.6) is 5.75 Å². The van der Waals surface area contributed by atoms with E-state index in [1.807, 2.05) is 18.2 Å². The van der Waals surface area contributed by atoms with Crippen molar-refractivity contribution in [1.82, 2.24) is 0 Å². The van der Waals surface area contributed by atoms with E-state index < -0.39 is 0 Å². The lowest BCUT2D eigenvalue weighted by atomic mass is 10.0. The maximum Gasteiger partial charge on any atom is 0.138 e. The third-order valence-electron chi connectivity index (χ3n) is 2.78. The lowest BCUT2D eigenvalue weighted by Crippen LogP contribution is -1.96. The molecule has 0 saturated carbocycles. The average molecular weight is 459 g/mol. The highest BCUT2D eigenvalue weighted by atomic mass is 79.9. The molecular weight excluding hydrogens is 450 g/mol. The summed E-state index contributed by atoms with van der Waals surface area (Å²) >= 11 is 25.5. The van der Waals surface area contributed by atoms with E-state index in [4.69, 9.17) is 39.5 Å². The van der Waals surface area contributed by atoms with Crippen LogP contribution in [0.15, 0.2) is 34.8 Å². The number of methoxy groups -OCH3 is 1. The standard InChI is InChI=1S/C14H9Br2Cl3O/c1-20-13-6-10(17)8(5-12(13)19)14(16)7-2-3-9(15)11(18)4-7/h2-6,14H,1H3. The number of ether oxygens (including phenoxy) is 1. The summed E-state index contributed by atoms with van der Waals surface area (Å²) in [5.41, 5.74) is 1.84. The third kappa shape index (κ3) is 3.45. The van der Waals surface area contributed by atoms with Gasteiger partial charge in [0, 0.05) is 15.6 Å². The first kappa shape index (κ1) is 16.4. The van der Waals surface area contributed by atoms with Gasteiger partial charge in [0.15, 0.2) is 0 Å². The Bertz CT molecular complexity index is 647. The van der Waals surface area contributed by atoms with Crippen LogP contribution < -0.4 is 4.74 Å². The molecule has 0 aliphatic heterocycles. The molecule has 0 aromatic heterocycles. The molecule has 0 N–H and O–H groups in total. The van der Waals surface area contributed by atoms with Gasteiger partial charge in [-0.05, 0) is 45.3 Å². The van der Waals surface area contributed by atoms with Gasteiger partial charge in [0.1, 0.15) is 5.75 Å². The van der Waals surface area contributed by atoms with E-state index in [1.165, 1.54) is 0 Å². The van der Waals surface area contributed by atoms with Crippen molar-refractivity contribution in [1.29, 1.82) is 0 Å². The molecule has 1 atom stereocenters. The molecule has 2 aromatic rings. The predicted octanol–water partition coefficient (Wildman–Crippen LogP) is 6.90. The van der Waals surface area contributed by atoms with Crippen LogP contribution in [0.2, 0.25) is 15.1 Å². The quantitative estimate of drug-likeness (QED) is 0.454. The minimum Gasteiger partial charge on any atom is -0.495 e. The van der Waals surface area contributed by atoms with Crippen LogP contribution in [0.4, 0.5) is 0 Å². The Morgan fingerprint density at radius 2 is 1.70 bits per heavy atom. The van der Waals surface area contributed by atoms with Gasteiger partial charge in [-0.1, -0.05) is 56.8 Å². The van der Waals surface area contributed by atoms with E-state index in [0.717, 1.165) is 15.6 Å². The molecule has 0 spiro atoms. The van der Waals surface area contributed by atoms with Gasteiger partial charge in [0.2, 0.25) is 0 Å². The van der Waals surface area contributed by atoms with Gasteiger partial charge in [-0.2, -0.15) is 0 Å². The van der Waals surface area contributed by atoms with E-state index in [9.17, 15) is 0 Å². The Balaban J connectivity index is 2.45. The van der Waals surface area contributed by atoms with E-state index in [1.54, 1.807) is 19.2 Å². The zero-order valence-corrected chi connectivity index (χ0v) is 15.7. The Kier molecular flexibility index (Phi) is 5.66. The van der Waals surface area contributed by atoms with E-state index in [2.05, 4.69) is 31.9 Å². The largest absolute Gasteiger partial charge is 0.495 e. The molecule has 0 fully saturated rings. The Labute approximate surface area is 149 Å². The predicted molar refractivity (Wildman–Crippen MR) is 92.9 cm³/mol. The highest BCUT2D eigenvalue weighted by Gasteiger charge is 2.17. The molecule has 2 rings (SSSR count). The molecule has 20 heavy (non-hydrogen) atoms. The number of halogens is 5. The summed E-state index contributed by atoms with van der Waals surface area (Å²) in [4.78, 5) is -0.107. The molecule has 1 nitrogen and oxygen atoms in total. The zero-order chi connectivity index (χ0) is 14.9. The second-order valence-electron chi connectivity index (χ2n) is 4.04. The fourth-order valence-corrected chi connectivity index (χ4v) is 3.49. The molecule has 0 saturated heterocycles. The van der Waals surface area contributed by atoms with Crippen molar-refractivity contribution in [3.8, 4) is 5.75 Å². The first-order valence-electron chi connectivity index (χ1n) is 5.56. The SMILES string of the molecule is COc1cc(Cl)c(C(Br)c2ccc(Br)c(Cl)c2)cc1Cl. The van der Waals surface area contributed by atoms with Crippen LogP contribution in [-0.4, -0.2) is 7.11 Å². The summed E-state index contributed by atoms with van der Waals surface area (Å²) < 4.78 is 5.99. The Morgan fingerprint density at radius 1 is 1.00 bits per heavy atom. The fourth-order valence-electron chi connectivity index (χ4n) is 1.74. The summed E-state index contributed by atoms with van der Waals surface area (Å²) in [6, 6.07) is 9.22. The van der Waals surface area contributed by atoms with Crippen molar-refractivity contribution in [3.63, 3.8) is 0 Å². The molecule has 0 bridgehead atoms. The monoisotopic (exact) mass is 456 g/mol. The van der Waals surface area contributed by atoms with Crippen molar-refractivity contribution in [2.45, 2.75) is 4.83 Å². The first-order valence-corrected chi connectivity index (χ1v) is 8.40. The van der Waals surface area contributed by atoms with Crippen LogP contribution in [0.3, 0.4) is 0 Å². The van der Waals surface area contributed by atoms with Crippen molar-refractivity contribution in [3.05, 3.63) is 61.0 Å².